The van der Waals surface area contributed by atoms with E-state index in [0.717, 1.165) is 11.5 Å². The molecule has 0 saturated heterocycles. The van der Waals surface area contributed by atoms with Crippen LogP contribution in [0.1, 0.15) is 33.4 Å². The average Bonchev–Trinajstić information content (AvgIpc) is 3.88. The summed E-state index contributed by atoms with van der Waals surface area (Å²) in [6.45, 7) is 4.24. The van der Waals surface area contributed by atoms with Crippen LogP contribution in [0.5, 0.6) is 11.5 Å². The highest BCUT2D eigenvalue weighted by molar-refractivity contribution is 7.37. The van der Waals surface area contributed by atoms with Crippen LogP contribution in [0.15, 0.2) is 121 Å². The Kier molecular flexibility index (Phi) is 7.43. The first kappa shape index (κ1) is 30.8. The monoisotopic (exact) mass is 726 g/mol. The summed E-state index contributed by atoms with van der Waals surface area (Å²) >= 11 is 7.50. The summed E-state index contributed by atoms with van der Waals surface area (Å²) in [7, 11) is 0. The van der Waals surface area contributed by atoms with Crippen LogP contribution in [-0.4, -0.2) is 0 Å². The highest BCUT2D eigenvalue weighted by Gasteiger charge is 2.15. The quantitative estimate of drug-likeness (QED) is 0.155. The molecule has 0 bridgehead atoms. The Hall–Kier alpha value is -5.04. The van der Waals surface area contributed by atoms with Crippen molar-refractivity contribution >= 4 is 129 Å². The molecule has 0 aliphatic heterocycles. The van der Waals surface area contributed by atoms with Crippen LogP contribution in [-0.2, 0) is 0 Å². The van der Waals surface area contributed by atoms with E-state index in [9.17, 15) is 0 Å². The molecule has 0 atom stereocenters. The predicted octanol–water partition coefficient (Wildman–Crippen LogP) is 15.6. The third kappa shape index (κ3) is 5.67. The fourth-order valence-electron chi connectivity index (χ4n) is 6.72. The molecule has 0 fully saturated rings. The molecule has 51 heavy (non-hydrogen) atoms. The number of thiophene rings is 4. The Morgan fingerprint density at radius 3 is 1.06 bits per heavy atom. The topological polar surface area (TPSA) is 9.23 Å². The molecule has 0 amide bonds. The molecule has 0 radical (unpaired) electrons. The second-order valence-corrected chi connectivity index (χ2v) is 17.4. The molecule has 4 heterocycles. The van der Waals surface area contributed by atoms with Gasteiger partial charge in [0.15, 0.2) is 0 Å². The normalized spacial score (nSPS) is 12.4. The second kappa shape index (κ2) is 12.3. The van der Waals surface area contributed by atoms with Crippen molar-refractivity contribution in [1.82, 2.24) is 0 Å². The summed E-state index contributed by atoms with van der Waals surface area (Å²) in [6, 6.07) is 44.0. The van der Waals surface area contributed by atoms with Crippen LogP contribution in [0.3, 0.4) is 0 Å². The Labute approximate surface area is 311 Å². The first-order valence-corrected chi connectivity index (χ1v) is 20.2. The summed E-state index contributed by atoms with van der Waals surface area (Å²) < 4.78 is 17.1. The maximum Gasteiger partial charge on any atom is 0.128 e. The molecule has 0 unspecified atom stereocenters. The molecule has 0 N–H and O–H groups in total. The summed E-state index contributed by atoms with van der Waals surface area (Å²) in [5.41, 5.74) is 7.46. The van der Waals surface area contributed by atoms with Gasteiger partial charge in [-0.05, 0) is 84.6 Å². The number of fused-ring (bicyclic) bond motifs is 10. The molecule has 1 nitrogen and oxygen atoms in total. The molecule has 10 aromatic rings. The minimum atomic E-state index is 0.874. The molecule has 6 aromatic carbocycles. The lowest BCUT2D eigenvalue weighted by Crippen LogP contribution is -1.83. The highest BCUT2D eigenvalue weighted by Crippen LogP contribution is 2.47. The molecule has 4 aromatic heterocycles. The van der Waals surface area contributed by atoms with Crippen molar-refractivity contribution in [3.05, 3.63) is 155 Å². The molecule has 244 valence electrons. The zero-order chi connectivity index (χ0) is 34.1. The van der Waals surface area contributed by atoms with Gasteiger partial charge in [0, 0.05) is 40.3 Å². The van der Waals surface area contributed by atoms with E-state index in [1.54, 1.807) is 0 Å². The third-order valence-corrected chi connectivity index (χ3v) is 14.5. The molecule has 0 spiro atoms. The molecule has 10 rings (SSSR count). The maximum atomic E-state index is 6.49. The van der Waals surface area contributed by atoms with Crippen molar-refractivity contribution in [3.63, 3.8) is 0 Å². The van der Waals surface area contributed by atoms with Crippen LogP contribution in [0.2, 0.25) is 0 Å². The van der Waals surface area contributed by atoms with E-state index in [0.29, 0.717) is 0 Å². The Morgan fingerprint density at radius 2 is 0.667 bits per heavy atom. The van der Waals surface area contributed by atoms with E-state index < -0.39 is 0 Å². The van der Waals surface area contributed by atoms with Gasteiger partial charge >= 0.3 is 0 Å². The van der Waals surface area contributed by atoms with E-state index >= 15 is 0 Å². The van der Waals surface area contributed by atoms with Crippen LogP contribution in [0.25, 0.3) is 83.4 Å². The first-order chi connectivity index (χ1) is 25.0. The molecule has 0 saturated carbocycles. The second-order valence-electron chi connectivity index (χ2n) is 13.1. The SMILES string of the molecule is Cc1ccc(/C=C/c2ccc3c(c2)sc2c4ccc(Oc5ccc6c(c5)sc5c7ccc(/C=C/c8ccc(C)cc8)cc7sc65)cc4sc32)cc1. The molecular formula is C46H30OS4. The smallest absolute Gasteiger partial charge is 0.128 e. The number of aryl methyl sites for hydroxylation is 2. The van der Waals surface area contributed by atoms with Crippen molar-refractivity contribution in [2.75, 3.05) is 0 Å². The highest BCUT2D eigenvalue weighted by atomic mass is 32.1. The van der Waals surface area contributed by atoms with Gasteiger partial charge in [-0.15, -0.1) is 45.3 Å². The van der Waals surface area contributed by atoms with Gasteiger partial charge in [0.2, 0.25) is 0 Å². The number of hydrogen-bond acceptors (Lipinski definition) is 5. The van der Waals surface area contributed by atoms with Crippen molar-refractivity contribution in [2.45, 2.75) is 13.8 Å². The first-order valence-electron chi connectivity index (χ1n) is 17.0. The van der Waals surface area contributed by atoms with Crippen LogP contribution < -0.4 is 4.74 Å². The summed E-state index contributed by atoms with van der Waals surface area (Å²) in [5.74, 6) is 1.75. The fourth-order valence-corrected chi connectivity index (χ4v) is 12.2. The van der Waals surface area contributed by atoms with E-state index in [-0.39, 0.29) is 0 Å². The zero-order valence-electron chi connectivity index (χ0n) is 27.9. The predicted molar refractivity (Wildman–Crippen MR) is 230 cm³/mol. The number of ether oxygens (including phenoxy) is 1. The molecular weight excluding hydrogens is 697 g/mol. The van der Waals surface area contributed by atoms with Gasteiger partial charge in [-0.25, -0.2) is 0 Å². The largest absolute Gasteiger partial charge is 0.457 e. The van der Waals surface area contributed by atoms with Crippen molar-refractivity contribution < 1.29 is 4.74 Å². The van der Waals surface area contributed by atoms with Gasteiger partial charge in [0.1, 0.15) is 11.5 Å². The van der Waals surface area contributed by atoms with Crippen LogP contribution >= 0.6 is 45.3 Å². The van der Waals surface area contributed by atoms with Gasteiger partial charge in [-0.2, -0.15) is 0 Å². The fraction of sp³-hybridized carbons (Fsp3) is 0.0435. The summed E-state index contributed by atoms with van der Waals surface area (Å²) in [4.78, 5) is 0. The number of hydrogen-bond donors (Lipinski definition) is 0. The maximum absolute atomic E-state index is 6.49. The van der Waals surface area contributed by atoms with Gasteiger partial charge in [-0.3, -0.25) is 0 Å². The van der Waals surface area contributed by atoms with Crippen molar-refractivity contribution in [3.8, 4) is 11.5 Å². The van der Waals surface area contributed by atoms with Gasteiger partial charge in [-0.1, -0.05) is 108 Å². The van der Waals surface area contributed by atoms with Crippen LogP contribution in [0.4, 0.5) is 0 Å². The summed E-state index contributed by atoms with van der Waals surface area (Å²) in [5, 5.41) is 5.26. The van der Waals surface area contributed by atoms with Gasteiger partial charge in [0.05, 0.1) is 18.8 Å². The van der Waals surface area contributed by atoms with E-state index in [1.807, 2.05) is 45.3 Å². The van der Waals surface area contributed by atoms with Gasteiger partial charge in [0.25, 0.3) is 0 Å². The average molecular weight is 727 g/mol. The minimum Gasteiger partial charge on any atom is -0.457 e. The number of rotatable bonds is 6. The van der Waals surface area contributed by atoms with Crippen molar-refractivity contribution in [1.29, 1.82) is 0 Å². The summed E-state index contributed by atoms with van der Waals surface area (Å²) in [6.07, 6.45) is 8.80. The van der Waals surface area contributed by atoms with E-state index in [4.69, 9.17) is 4.74 Å². The third-order valence-electron chi connectivity index (χ3n) is 9.48. The Balaban J connectivity index is 0.904. The van der Waals surface area contributed by atoms with Gasteiger partial charge < -0.3 is 4.74 Å². The number of benzene rings is 6. The van der Waals surface area contributed by atoms with E-state index in [2.05, 4.69) is 159 Å². The van der Waals surface area contributed by atoms with Crippen molar-refractivity contribution in [2.24, 2.45) is 0 Å². The van der Waals surface area contributed by atoms with Crippen LogP contribution in [0, 0.1) is 13.8 Å². The molecule has 0 aliphatic carbocycles. The Bertz CT molecular complexity index is 2790. The lowest BCUT2D eigenvalue weighted by atomic mass is 10.1. The van der Waals surface area contributed by atoms with E-state index in [1.165, 1.54) is 92.5 Å². The lowest BCUT2D eigenvalue weighted by molar-refractivity contribution is 0.484. The molecule has 5 heteroatoms. The minimum absolute atomic E-state index is 0.874. The lowest BCUT2D eigenvalue weighted by Gasteiger charge is -2.06. The Morgan fingerprint density at radius 1 is 0.353 bits per heavy atom. The standard InChI is InChI=1S/C46H30OS4/c1-27-3-7-29(8-4-27)11-13-31-15-19-35-39(23-31)48-45-37-21-17-33(25-41(37)50-43(35)45)47-34-18-22-38-42(26-34)51-44-36-20-16-32(24-40(36)49-46(38)44)14-12-30-9-5-28(2)6-10-30/h3-26H,1-2H3/b13-11+,14-12+. The molecule has 0 aliphatic rings. The zero-order valence-corrected chi connectivity index (χ0v) is 31.2.